The van der Waals surface area contributed by atoms with Crippen LogP contribution in [-0.4, -0.2) is 6.04 Å². The van der Waals surface area contributed by atoms with Crippen molar-refractivity contribution >= 4 is 0 Å². The van der Waals surface area contributed by atoms with Gasteiger partial charge in [0.2, 0.25) is 0 Å². The first-order valence-corrected chi connectivity index (χ1v) is 6.88. The molecule has 1 aliphatic carbocycles. The topological polar surface area (TPSA) is 12.0 Å². The van der Waals surface area contributed by atoms with Crippen LogP contribution in [0.4, 0.5) is 13.2 Å². The van der Waals surface area contributed by atoms with Gasteiger partial charge < -0.3 is 5.32 Å². The monoisotopic (exact) mass is 271 g/mol. The summed E-state index contributed by atoms with van der Waals surface area (Å²) in [5.74, 6) is 0.866. The Hall–Kier alpha value is -1.03. The molecule has 0 spiro atoms. The van der Waals surface area contributed by atoms with Crippen LogP contribution in [0.1, 0.15) is 43.7 Å². The molecule has 2 rings (SSSR count). The second kappa shape index (κ2) is 5.95. The van der Waals surface area contributed by atoms with Gasteiger partial charge in [-0.1, -0.05) is 31.9 Å². The predicted octanol–water partition coefficient (Wildman–Crippen LogP) is 4.37. The first-order valence-electron chi connectivity index (χ1n) is 6.88. The maximum absolute atomic E-state index is 12.4. The summed E-state index contributed by atoms with van der Waals surface area (Å²) in [6.07, 6.45) is 0.676. The fourth-order valence-electron chi connectivity index (χ4n) is 2.22. The average Bonchev–Trinajstić information content (AvgIpc) is 3.18. The molecule has 0 bridgehead atoms. The molecule has 0 aliphatic heterocycles. The third-order valence-electron chi connectivity index (χ3n) is 3.68. The highest BCUT2D eigenvalue weighted by Gasteiger charge is 2.30. The van der Waals surface area contributed by atoms with Crippen molar-refractivity contribution in [3.63, 3.8) is 0 Å². The van der Waals surface area contributed by atoms with Crippen molar-refractivity contribution in [2.75, 3.05) is 0 Å². The molecule has 4 heteroatoms. The van der Waals surface area contributed by atoms with Crippen LogP contribution in [0.5, 0.6) is 0 Å². The molecule has 0 saturated heterocycles. The van der Waals surface area contributed by atoms with E-state index < -0.39 is 11.7 Å². The van der Waals surface area contributed by atoms with E-state index in [9.17, 15) is 13.2 Å². The molecular formula is C15H20F3N. The van der Waals surface area contributed by atoms with E-state index in [-0.39, 0.29) is 0 Å². The van der Waals surface area contributed by atoms with E-state index in [1.165, 1.54) is 19.3 Å². The van der Waals surface area contributed by atoms with Gasteiger partial charge >= 0.3 is 6.18 Å². The van der Waals surface area contributed by atoms with Crippen LogP contribution < -0.4 is 5.32 Å². The minimum Gasteiger partial charge on any atom is -0.310 e. The van der Waals surface area contributed by atoms with Gasteiger partial charge in [0.1, 0.15) is 0 Å². The minimum absolute atomic E-state index is 0.481. The molecule has 1 N–H and O–H groups in total. The van der Waals surface area contributed by atoms with Crippen LogP contribution in [0.15, 0.2) is 24.3 Å². The van der Waals surface area contributed by atoms with Crippen LogP contribution >= 0.6 is 0 Å². The lowest BCUT2D eigenvalue weighted by Gasteiger charge is -2.17. The van der Waals surface area contributed by atoms with E-state index in [2.05, 4.69) is 12.2 Å². The summed E-state index contributed by atoms with van der Waals surface area (Å²) in [6.45, 7) is 2.79. The summed E-state index contributed by atoms with van der Waals surface area (Å²) < 4.78 is 37.3. The Balaban J connectivity index is 1.84. The maximum Gasteiger partial charge on any atom is 0.416 e. The third kappa shape index (κ3) is 4.53. The molecule has 0 aromatic heterocycles. The van der Waals surface area contributed by atoms with E-state index in [0.29, 0.717) is 12.6 Å². The van der Waals surface area contributed by atoms with Crippen LogP contribution in [0, 0.1) is 5.92 Å². The van der Waals surface area contributed by atoms with Crippen LogP contribution in [0.3, 0.4) is 0 Å². The maximum atomic E-state index is 12.4. The zero-order valence-corrected chi connectivity index (χ0v) is 11.1. The van der Waals surface area contributed by atoms with Gasteiger partial charge in [-0.15, -0.1) is 0 Å². The Bertz CT molecular complexity index is 393. The highest BCUT2D eigenvalue weighted by Crippen LogP contribution is 2.34. The van der Waals surface area contributed by atoms with Crippen LogP contribution in [0.2, 0.25) is 0 Å². The van der Waals surface area contributed by atoms with Gasteiger partial charge in [-0.25, -0.2) is 0 Å². The molecular weight excluding hydrogens is 251 g/mol. The number of benzene rings is 1. The molecule has 1 nitrogen and oxygen atoms in total. The summed E-state index contributed by atoms with van der Waals surface area (Å²) in [5, 5.41) is 3.43. The van der Waals surface area contributed by atoms with Gasteiger partial charge in [0, 0.05) is 12.6 Å². The SMILES string of the molecule is CCC(CC1CC1)NCc1ccc(C(F)(F)F)cc1. The van der Waals surface area contributed by atoms with Gasteiger partial charge in [0.05, 0.1) is 5.56 Å². The fourth-order valence-corrected chi connectivity index (χ4v) is 2.22. The highest BCUT2D eigenvalue weighted by atomic mass is 19.4. The van der Waals surface area contributed by atoms with Crippen molar-refractivity contribution in [1.82, 2.24) is 5.32 Å². The van der Waals surface area contributed by atoms with E-state index in [1.807, 2.05) is 0 Å². The van der Waals surface area contributed by atoms with E-state index in [0.717, 1.165) is 30.0 Å². The lowest BCUT2D eigenvalue weighted by atomic mass is 10.1. The zero-order valence-electron chi connectivity index (χ0n) is 11.1. The Morgan fingerprint density at radius 2 is 1.84 bits per heavy atom. The largest absolute Gasteiger partial charge is 0.416 e. The second-order valence-corrected chi connectivity index (χ2v) is 5.36. The van der Waals surface area contributed by atoms with Gasteiger partial charge in [-0.3, -0.25) is 0 Å². The molecule has 1 fully saturated rings. The molecule has 1 aromatic carbocycles. The molecule has 0 radical (unpaired) electrons. The summed E-state index contributed by atoms with van der Waals surface area (Å²) in [7, 11) is 0. The van der Waals surface area contributed by atoms with Crippen molar-refractivity contribution in [3.05, 3.63) is 35.4 Å². The molecule has 0 heterocycles. The van der Waals surface area contributed by atoms with Crippen molar-refractivity contribution in [1.29, 1.82) is 0 Å². The molecule has 1 aromatic rings. The molecule has 106 valence electrons. The van der Waals surface area contributed by atoms with Gasteiger partial charge in [-0.2, -0.15) is 13.2 Å². The van der Waals surface area contributed by atoms with Crippen molar-refractivity contribution < 1.29 is 13.2 Å². The summed E-state index contributed by atoms with van der Waals surface area (Å²) in [6, 6.07) is 5.90. The molecule has 1 atom stereocenters. The lowest BCUT2D eigenvalue weighted by Crippen LogP contribution is -2.28. The third-order valence-corrected chi connectivity index (χ3v) is 3.68. The van der Waals surface area contributed by atoms with Gasteiger partial charge in [0.15, 0.2) is 0 Å². The number of nitrogens with one attached hydrogen (secondary N) is 1. The average molecular weight is 271 g/mol. The van der Waals surface area contributed by atoms with E-state index in [1.54, 1.807) is 12.1 Å². The summed E-state index contributed by atoms with van der Waals surface area (Å²) >= 11 is 0. The highest BCUT2D eigenvalue weighted by molar-refractivity contribution is 5.24. The first kappa shape index (κ1) is 14.4. The van der Waals surface area contributed by atoms with E-state index in [4.69, 9.17) is 0 Å². The zero-order chi connectivity index (χ0) is 13.9. The fraction of sp³-hybridized carbons (Fsp3) is 0.600. The summed E-state index contributed by atoms with van der Waals surface area (Å²) in [4.78, 5) is 0. The van der Waals surface area contributed by atoms with Crippen LogP contribution in [0.25, 0.3) is 0 Å². The Morgan fingerprint density at radius 3 is 2.32 bits per heavy atom. The minimum atomic E-state index is -4.25. The Morgan fingerprint density at radius 1 is 1.21 bits per heavy atom. The Kier molecular flexibility index (Phi) is 4.50. The molecule has 1 aliphatic rings. The molecule has 0 amide bonds. The quantitative estimate of drug-likeness (QED) is 0.810. The van der Waals surface area contributed by atoms with Gasteiger partial charge in [-0.05, 0) is 36.5 Å². The van der Waals surface area contributed by atoms with E-state index >= 15 is 0 Å². The lowest BCUT2D eigenvalue weighted by molar-refractivity contribution is -0.137. The smallest absolute Gasteiger partial charge is 0.310 e. The number of alkyl halides is 3. The molecule has 1 saturated carbocycles. The second-order valence-electron chi connectivity index (χ2n) is 5.36. The van der Waals surface area contributed by atoms with Crippen molar-refractivity contribution in [3.8, 4) is 0 Å². The number of hydrogen-bond donors (Lipinski definition) is 1. The Labute approximate surface area is 112 Å². The first-order chi connectivity index (χ1) is 8.99. The van der Waals surface area contributed by atoms with Crippen molar-refractivity contribution in [2.45, 2.75) is 51.4 Å². The van der Waals surface area contributed by atoms with Crippen LogP contribution in [-0.2, 0) is 12.7 Å². The predicted molar refractivity (Wildman–Crippen MR) is 69.7 cm³/mol. The standard InChI is InChI=1S/C15H20F3N/c1-2-14(9-11-3-4-11)19-10-12-5-7-13(8-6-12)15(16,17)18/h5-8,11,14,19H,2-4,9-10H2,1H3. The number of hydrogen-bond acceptors (Lipinski definition) is 1. The van der Waals surface area contributed by atoms with Gasteiger partial charge in [0.25, 0.3) is 0 Å². The van der Waals surface area contributed by atoms with Crippen molar-refractivity contribution in [2.24, 2.45) is 5.92 Å². The summed E-state index contributed by atoms with van der Waals surface area (Å²) in [5.41, 5.74) is 0.323. The normalized spacial score (nSPS) is 17.5. The molecule has 1 unspecified atom stereocenters. The molecule has 19 heavy (non-hydrogen) atoms. The number of rotatable bonds is 6. The number of halogens is 3.